The Bertz CT molecular complexity index is 382. The largest absolute Gasteiger partial charge is 0.400 e. The van der Waals surface area contributed by atoms with E-state index in [9.17, 15) is 13.2 Å². The van der Waals surface area contributed by atoms with Crippen LogP contribution in [0.4, 0.5) is 24.7 Å². The number of nitrogens with one attached hydrogen (secondary N) is 2. The highest BCUT2D eigenvalue weighted by atomic mass is 19.4. The molecule has 1 aromatic rings. The van der Waals surface area contributed by atoms with Crippen LogP contribution in [0.3, 0.4) is 0 Å². The number of aliphatic hydroxyl groups excluding tert-OH is 1. The van der Waals surface area contributed by atoms with Crippen LogP contribution >= 0.6 is 0 Å². The van der Waals surface area contributed by atoms with Crippen LogP contribution in [0.1, 0.15) is 12.0 Å². The van der Waals surface area contributed by atoms with Crippen molar-refractivity contribution < 1.29 is 18.3 Å². The predicted molar refractivity (Wildman–Crippen MR) is 63.8 cm³/mol. The van der Waals surface area contributed by atoms with E-state index in [0.29, 0.717) is 11.3 Å². The fraction of sp³-hybridized carbons (Fsp3) is 0.400. The maximum absolute atomic E-state index is 11.9. The zero-order valence-electron chi connectivity index (χ0n) is 9.75. The molecular weight excluding hydrogens is 249 g/mol. The summed E-state index contributed by atoms with van der Waals surface area (Å²) in [5.74, 6) is 0.222. The first-order valence-electron chi connectivity index (χ1n) is 4.94. The van der Waals surface area contributed by atoms with E-state index in [2.05, 4.69) is 10.3 Å². The van der Waals surface area contributed by atoms with E-state index >= 15 is 0 Å². The minimum Gasteiger partial charge on any atom is -0.400 e. The molecule has 0 bridgehead atoms. The van der Waals surface area contributed by atoms with Crippen molar-refractivity contribution in [2.45, 2.75) is 12.6 Å². The molecular formula is C10H15F3N4O. The quantitative estimate of drug-likeness (QED) is 0.622. The SMILES string of the molecule is CO.N=Cc1cc(N)ncc1NCCC(F)(F)F. The Hall–Kier alpha value is -1.83. The van der Waals surface area contributed by atoms with Gasteiger partial charge in [0.15, 0.2) is 0 Å². The average molecular weight is 264 g/mol. The van der Waals surface area contributed by atoms with E-state index in [1.165, 1.54) is 12.3 Å². The molecule has 102 valence electrons. The number of pyridine rings is 1. The smallest absolute Gasteiger partial charge is 0.390 e. The first-order chi connectivity index (χ1) is 8.42. The van der Waals surface area contributed by atoms with Crippen LogP contribution in [0, 0.1) is 5.41 Å². The Balaban J connectivity index is 0.00000137. The fourth-order valence-corrected chi connectivity index (χ4v) is 1.09. The van der Waals surface area contributed by atoms with E-state index in [1.807, 2.05) is 0 Å². The monoisotopic (exact) mass is 264 g/mol. The number of aromatic nitrogens is 1. The van der Waals surface area contributed by atoms with Gasteiger partial charge in [0.25, 0.3) is 0 Å². The van der Waals surface area contributed by atoms with Gasteiger partial charge in [-0.25, -0.2) is 4.98 Å². The molecule has 5 N–H and O–H groups in total. The van der Waals surface area contributed by atoms with Crippen LogP contribution < -0.4 is 11.1 Å². The van der Waals surface area contributed by atoms with Crippen molar-refractivity contribution in [3.63, 3.8) is 0 Å². The van der Waals surface area contributed by atoms with E-state index in [1.54, 1.807) is 0 Å². The Morgan fingerprint density at radius 3 is 2.61 bits per heavy atom. The lowest BCUT2D eigenvalue weighted by Gasteiger charge is -2.10. The molecule has 0 saturated heterocycles. The fourth-order valence-electron chi connectivity index (χ4n) is 1.09. The van der Waals surface area contributed by atoms with Crippen molar-refractivity contribution >= 4 is 17.7 Å². The summed E-state index contributed by atoms with van der Waals surface area (Å²) >= 11 is 0. The van der Waals surface area contributed by atoms with E-state index in [4.69, 9.17) is 16.2 Å². The van der Waals surface area contributed by atoms with Crippen LogP contribution in [-0.2, 0) is 0 Å². The summed E-state index contributed by atoms with van der Waals surface area (Å²) in [6.07, 6.45) is -2.81. The highest BCUT2D eigenvalue weighted by Gasteiger charge is 2.26. The van der Waals surface area contributed by atoms with Crippen LogP contribution in [0.2, 0.25) is 0 Å². The number of nitrogen functional groups attached to an aromatic ring is 1. The Morgan fingerprint density at radius 2 is 2.11 bits per heavy atom. The van der Waals surface area contributed by atoms with Crippen molar-refractivity contribution in [3.8, 4) is 0 Å². The Labute approximate surface area is 102 Å². The summed E-state index contributed by atoms with van der Waals surface area (Å²) in [5, 5.41) is 16.6. The molecule has 1 aromatic heterocycles. The van der Waals surface area contributed by atoms with Gasteiger partial charge in [-0.05, 0) is 6.07 Å². The molecule has 0 amide bonds. The van der Waals surface area contributed by atoms with Crippen molar-refractivity contribution in [3.05, 3.63) is 17.8 Å². The first-order valence-corrected chi connectivity index (χ1v) is 4.94. The van der Waals surface area contributed by atoms with Gasteiger partial charge in [0.2, 0.25) is 0 Å². The van der Waals surface area contributed by atoms with Gasteiger partial charge in [0.05, 0.1) is 18.3 Å². The first kappa shape index (κ1) is 16.2. The molecule has 0 radical (unpaired) electrons. The summed E-state index contributed by atoms with van der Waals surface area (Å²) in [4.78, 5) is 3.73. The third-order valence-corrected chi connectivity index (χ3v) is 1.84. The second kappa shape index (κ2) is 7.49. The summed E-state index contributed by atoms with van der Waals surface area (Å²) in [6.45, 7) is -0.254. The highest BCUT2D eigenvalue weighted by molar-refractivity contribution is 5.86. The van der Waals surface area contributed by atoms with E-state index in [0.717, 1.165) is 13.3 Å². The van der Waals surface area contributed by atoms with Gasteiger partial charge in [0.1, 0.15) is 5.82 Å². The van der Waals surface area contributed by atoms with Crippen molar-refractivity contribution in [1.29, 1.82) is 5.41 Å². The highest BCUT2D eigenvalue weighted by Crippen LogP contribution is 2.20. The minimum absolute atomic E-state index is 0.222. The summed E-state index contributed by atoms with van der Waals surface area (Å²) in [5.41, 5.74) is 6.16. The van der Waals surface area contributed by atoms with Crippen LogP contribution in [0.25, 0.3) is 0 Å². The molecule has 0 unspecified atom stereocenters. The lowest BCUT2D eigenvalue weighted by molar-refractivity contribution is -0.131. The molecule has 1 rings (SSSR count). The molecule has 0 aliphatic rings. The number of hydrogen-bond donors (Lipinski definition) is 4. The molecule has 0 atom stereocenters. The van der Waals surface area contributed by atoms with Gasteiger partial charge < -0.3 is 21.6 Å². The standard InChI is InChI=1S/C9H11F3N4.CH4O/c10-9(11,12)1-2-15-7-5-16-8(14)3-6(7)4-13;1-2/h3-5,13,15H,1-2H2,(H2,14,16);2H,1H3. The summed E-state index contributed by atoms with van der Waals surface area (Å²) in [7, 11) is 1.00. The zero-order valence-corrected chi connectivity index (χ0v) is 9.75. The Kier molecular flexibility index (Phi) is 6.73. The van der Waals surface area contributed by atoms with Gasteiger partial charge in [-0.15, -0.1) is 0 Å². The lowest BCUT2D eigenvalue weighted by Crippen LogP contribution is -2.15. The number of nitrogens with zero attached hydrogens (tertiary/aromatic N) is 1. The number of halogens is 3. The molecule has 8 heteroatoms. The summed E-state index contributed by atoms with van der Waals surface area (Å²) in [6, 6.07) is 1.42. The molecule has 0 aromatic carbocycles. The molecule has 0 aliphatic carbocycles. The maximum Gasteiger partial charge on any atom is 0.390 e. The molecule has 18 heavy (non-hydrogen) atoms. The third-order valence-electron chi connectivity index (χ3n) is 1.84. The topological polar surface area (TPSA) is 95.0 Å². The van der Waals surface area contributed by atoms with E-state index in [-0.39, 0.29) is 12.4 Å². The molecule has 1 heterocycles. The lowest BCUT2D eigenvalue weighted by atomic mass is 10.2. The second-order valence-corrected chi connectivity index (χ2v) is 3.13. The average Bonchev–Trinajstić information content (AvgIpc) is 2.32. The zero-order chi connectivity index (χ0) is 14.2. The van der Waals surface area contributed by atoms with Crippen molar-refractivity contribution in [2.24, 2.45) is 0 Å². The van der Waals surface area contributed by atoms with Gasteiger partial charge >= 0.3 is 6.18 Å². The van der Waals surface area contributed by atoms with Gasteiger partial charge in [-0.2, -0.15) is 13.2 Å². The van der Waals surface area contributed by atoms with Gasteiger partial charge in [-0.1, -0.05) is 0 Å². The van der Waals surface area contributed by atoms with Gasteiger partial charge in [0, 0.05) is 25.4 Å². The van der Waals surface area contributed by atoms with Crippen LogP contribution in [0.15, 0.2) is 12.3 Å². The van der Waals surface area contributed by atoms with Gasteiger partial charge in [-0.3, -0.25) is 0 Å². The normalized spacial score (nSPS) is 10.3. The molecule has 0 saturated carbocycles. The van der Waals surface area contributed by atoms with Crippen LogP contribution in [0.5, 0.6) is 0 Å². The molecule has 5 nitrogen and oxygen atoms in total. The number of nitrogens with two attached hydrogens (primary N) is 1. The number of anilines is 2. The van der Waals surface area contributed by atoms with Crippen molar-refractivity contribution in [2.75, 3.05) is 24.7 Å². The Morgan fingerprint density at radius 1 is 1.50 bits per heavy atom. The second-order valence-electron chi connectivity index (χ2n) is 3.13. The number of rotatable bonds is 4. The van der Waals surface area contributed by atoms with Crippen LogP contribution in [-0.4, -0.2) is 36.1 Å². The number of aliphatic hydroxyl groups is 1. The molecule has 0 fully saturated rings. The minimum atomic E-state index is -4.20. The third kappa shape index (κ3) is 6.04. The van der Waals surface area contributed by atoms with E-state index < -0.39 is 12.6 Å². The number of alkyl halides is 3. The van der Waals surface area contributed by atoms with Crippen molar-refractivity contribution in [1.82, 2.24) is 4.98 Å². The predicted octanol–water partition coefficient (Wildman–Crippen LogP) is 1.63. The summed E-state index contributed by atoms with van der Waals surface area (Å²) < 4.78 is 35.7. The maximum atomic E-state index is 11.9. The molecule has 0 spiro atoms. The molecule has 0 aliphatic heterocycles. The number of hydrogen-bond acceptors (Lipinski definition) is 5.